The summed E-state index contributed by atoms with van der Waals surface area (Å²) in [6.45, 7) is 5.77. The van der Waals surface area contributed by atoms with Gasteiger partial charge in [0.05, 0.1) is 5.92 Å². The lowest BCUT2D eigenvalue weighted by Crippen LogP contribution is -2.50. The molecule has 0 radical (unpaired) electrons. The van der Waals surface area contributed by atoms with Gasteiger partial charge in [-0.25, -0.2) is 0 Å². The molecule has 2 N–H and O–H groups in total. The van der Waals surface area contributed by atoms with E-state index in [0.29, 0.717) is 19.4 Å². The number of carboxylic acids is 1. The van der Waals surface area contributed by atoms with Crippen LogP contribution in [0, 0.1) is 5.92 Å². The van der Waals surface area contributed by atoms with Gasteiger partial charge in [0.1, 0.15) is 6.04 Å². The Hall–Kier alpha value is -1.59. The van der Waals surface area contributed by atoms with E-state index in [9.17, 15) is 14.4 Å². The number of amides is 2. The van der Waals surface area contributed by atoms with Gasteiger partial charge >= 0.3 is 5.97 Å². The van der Waals surface area contributed by atoms with Crippen LogP contribution >= 0.6 is 0 Å². The first-order chi connectivity index (χ1) is 9.38. The molecule has 0 aromatic carbocycles. The molecule has 0 aromatic heterocycles. The summed E-state index contributed by atoms with van der Waals surface area (Å²) in [7, 11) is 0. The van der Waals surface area contributed by atoms with E-state index in [0.717, 1.165) is 12.8 Å². The molecule has 0 spiro atoms. The Morgan fingerprint density at radius 3 is 2.55 bits per heavy atom. The number of nitrogens with zero attached hydrogens (tertiary/aromatic N) is 1. The summed E-state index contributed by atoms with van der Waals surface area (Å²) >= 11 is 0. The SMILES string of the molecule is CCCC(=O)N1CCCC1C(=O)NC(C)C(C)C(=O)O. The number of hydrogen-bond acceptors (Lipinski definition) is 3. The fourth-order valence-electron chi connectivity index (χ4n) is 2.35. The summed E-state index contributed by atoms with van der Waals surface area (Å²) in [6, 6.07) is -0.902. The van der Waals surface area contributed by atoms with Gasteiger partial charge in [-0.2, -0.15) is 0 Å². The highest BCUT2D eigenvalue weighted by atomic mass is 16.4. The molecule has 1 saturated heterocycles. The molecule has 0 aliphatic carbocycles. The highest BCUT2D eigenvalue weighted by molar-refractivity contribution is 5.88. The lowest BCUT2D eigenvalue weighted by atomic mass is 10.0. The van der Waals surface area contributed by atoms with Gasteiger partial charge in [0.2, 0.25) is 11.8 Å². The van der Waals surface area contributed by atoms with E-state index in [1.807, 2.05) is 6.92 Å². The van der Waals surface area contributed by atoms with E-state index >= 15 is 0 Å². The van der Waals surface area contributed by atoms with Crippen molar-refractivity contribution in [3.63, 3.8) is 0 Å². The average molecular weight is 284 g/mol. The van der Waals surface area contributed by atoms with E-state index < -0.39 is 24.0 Å². The number of carbonyl (C=O) groups excluding carboxylic acids is 2. The van der Waals surface area contributed by atoms with Crippen molar-refractivity contribution in [2.75, 3.05) is 6.54 Å². The molecule has 1 aliphatic heterocycles. The van der Waals surface area contributed by atoms with Crippen LogP contribution in [0.15, 0.2) is 0 Å². The number of carboxylic acid groups (broad SMARTS) is 1. The second kappa shape index (κ2) is 7.26. The van der Waals surface area contributed by atoms with Gasteiger partial charge in [-0.15, -0.1) is 0 Å². The molecular formula is C14H24N2O4. The van der Waals surface area contributed by atoms with E-state index in [2.05, 4.69) is 5.32 Å². The molecular weight excluding hydrogens is 260 g/mol. The van der Waals surface area contributed by atoms with Gasteiger partial charge in [0, 0.05) is 19.0 Å². The Labute approximate surface area is 119 Å². The molecule has 0 bridgehead atoms. The van der Waals surface area contributed by atoms with Crippen LogP contribution < -0.4 is 5.32 Å². The summed E-state index contributed by atoms with van der Waals surface area (Å²) in [5, 5.41) is 11.6. The van der Waals surface area contributed by atoms with Gasteiger partial charge in [0.25, 0.3) is 0 Å². The van der Waals surface area contributed by atoms with Crippen LogP contribution in [0.1, 0.15) is 46.5 Å². The maximum atomic E-state index is 12.2. The minimum Gasteiger partial charge on any atom is -0.481 e. The summed E-state index contributed by atoms with van der Waals surface area (Å²) in [5.41, 5.74) is 0. The quantitative estimate of drug-likeness (QED) is 0.762. The zero-order chi connectivity index (χ0) is 15.3. The Kier molecular flexibility index (Phi) is 5.98. The maximum absolute atomic E-state index is 12.2. The first-order valence-corrected chi connectivity index (χ1v) is 7.21. The fourth-order valence-corrected chi connectivity index (χ4v) is 2.35. The average Bonchev–Trinajstić information content (AvgIpc) is 2.87. The van der Waals surface area contributed by atoms with Gasteiger partial charge in [-0.3, -0.25) is 14.4 Å². The van der Waals surface area contributed by atoms with Crippen LogP contribution in [0.2, 0.25) is 0 Å². The number of nitrogens with one attached hydrogen (secondary N) is 1. The molecule has 1 fully saturated rings. The van der Waals surface area contributed by atoms with Crippen molar-refractivity contribution in [1.82, 2.24) is 10.2 Å². The monoisotopic (exact) mass is 284 g/mol. The van der Waals surface area contributed by atoms with Crippen molar-refractivity contribution in [2.45, 2.75) is 58.5 Å². The highest BCUT2D eigenvalue weighted by Crippen LogP contribution is 2.19. The molecule has 2 amide bonds. The molecule has 0 saturated carbocycles. The lowest BCUT2D eigenvalue weighted by molar-refractivity contribution is -0.143. The third-order valence-electron chi connectivity index (χ3n) is 3.85. The number of carbonyl (C=O) groups is 3. The van der Waals surface area contributed by atoms with Gasteiger partial charge in [-0.05, 0) is 33.1 Å². The van der Waals surface area contributed by atoms with Gasteiger partial charge in [0.15, 0.2) is 0 Å². The number of hydrogen-bond donors (Lipinski definition) is 2. The van der Waals surface area contributed by atoms with Crippen molar-refractivity contribution in [3.8, 4) is 0 Å². The standard InChI is InChI=1S/C14H24N2O4/c1-4-6-12(17)16-8-5-7-11(16)13(18)15-10(3)9(2)14(19)20/h9-11H,4-8H2,1-3H3,(H,15,18)(H,19,20). The smallest absolute Gasteiger partial charge is 0.308 e. The van der Waals surface area contributed by atoms with Crippen molar-refractivity contribution < 1.29 is 19.5 Å². The van der Waals surface area contributed by atoms with Crippen LogP contribution in [0.5, 0.6) is 0 Å². The summed E-state index contributed by atoms with van der Waals surface area (Å²) < 4.78 is 0. The first kappa shape index (κ1) is 16.5. The molecule has 1 aliphatic rings. The molecule has 6 nitrogen and oxygen atoms in total. The Bertz CT molecular complexity index is 383. The van der Waals surface area contributed by atoms with Gasteiger partial charge < -0.3 is 15.3 Å². The zero-order valence-electron chi connectivity index (χ0n) is 12.4. The van der Waals surface area contributed by atoms with Crippen LogP contribution in [0.4, 0.5) is 0 Å². The predicted octanol–water partition coefficient (Wildman–Crippen LogP) is 1.00. The summed E-state index contributed by atoms with van der Waals surface area (Å²) in [4.78, 5) is 36.7. The van der Waals surface area contributed by atoms with Gasteiger partial charge in [-0.1, -0.05) is 6.92 Å². The van der Waals surface area contributed by atoms with Crippen LogP contribution in [0.3, 0.4) is 0 Å². The summed E-state index contributed by atoms with van der Waals surface area (Å²) in [6.07, 6.45) is 2.67. The number of likely N-dealkylation sites (tertiary alicyclic amines) is 1. The maximum Gasteiger partial charge on any atom is 0.308 e. The Balaban J connectivity index is 2.62. The Morgan fingerprint density at radius 1 is 1.35 bits per heavy atom. The molecule has 114 valence electrons. The van der Waals surface area contributed by atoms with Crippen molar-refractivity contribution in [3.05, 3.63) is 0 Å². The molecule has 6 heteroatoms. The van der Waals surface area contributed by atoms with Crippen molar-refractivity contribution >= 4 is 17.8 Å². The lowest BCUT2D eigenvalue weighted by Gasteiger charge is -2.26. The Morgan fingerprint density at radius 2 is 2.00 bits per heavy atom. The molecule has 20 heavy (non-hydrogen) atoms. The van der Waals surface area contributed by atoms with Crippen LogP contribution in [-0.4, -0.2) is 46.4 Å². The second-order valence-corrected chi connectivity index (χ2v) is 5.42. The van der Waals surface area contributed by atoms with Crippen molar-refractivity contribution in [1.29, 1.82) is 0 Å². The van der Waals surface area contributed by atoms with E-state index in [1.165, 1.54) is 0 Å². The second-order valence-electron chi connectivity index (χ2n) is 5.42. The predicted molar refractivity (Wildman–Crippen MR) is 74.0 cm³/mol. The molecule has 3 atom stereocenters. The molecule has 3 unspecified atom stereocenters. The zero-order valence-corrected chi connectivity index (χ0v) is 12.4. The van der Waals surface area contributed by atoms with Crippen molar-refractivity contribution in [2.24, 2.45) is 5.92 Å². The first-order valence-electron chi connectivity index (χ1n) is 7.21. The summed E-state index contributed by atoms with van der Waals surface area (Å²) in [5.74, 6) is -1.83. The fraction of sp³-hybridized carbons (Fsp3) is 0.786. The molecule has 1 rings (SSSR count). The molecule has 1 heterocycles. The normalized spacial score (nSPS) is 21.4. The number of aliphatic carboxylic acids is 1. The van der Waals surface area contributed by atoms with E-state index in [1.54, 1.807) is 18.7 Å². The minimum atomic E-state index is -0.942. The topological polar surface area (TPSA) is 86.7 Å². The van der Waals surface area contributed by atoms with Crippen LogP contribution in [0.25, 0.3) is 0 Å². The largest absolute Gasteiger partial charge is 0.481 e. The highest BCUT2D eigenvalue weighted by Gasteiger charge is 2.34. The third kappa shape index (κ3) is 3.95. The third-order valence-corrected chi connectivity index (χ3v) is 3.85. The van der Waals surface area contributed by atoms with E-state index in [4.69, 9.17) is 5.11 Å². The number of rotatable bonds is 6. The minimum absolute atomic E-state index is 0.00378. The van der Waals surface area contributed by atoms with Crippen LogP contribution in [-0.2, 0) is 14.4 Å². The van der Waals surface area contributed by atoms with E-state index in [-0.39, 0.29) is 11.8 Å². The molecule has 0 aromatic rings.